The van der Waals surface area contributed by atoms with Gasteiger partial charge in [-0.1, -0.05) is 0 Å². The normalized spacial score (nSPS) is 14.2. The summed E-state index contributed by atoms with van der Waals surface area (Å²) in [6, 6.07) is 6.14. The molecule has 6 nitrogen and oxygen atoms in total. The molecule has 1 aliphatic rings. The predicted octanol–water partition coefficient (Wildman–Crippen LogP) is 1.49. The van der Waals surface area contributed by atoms with Crippen LogP contribution in [-0.2, 0) is 6.54 Å². The van der Waals surface area contributed by atoms with Crippen LogP contribution < -0.4 is 5.32 Å². The molecule has 1 saturated carbocycles. The molecule has 0 aromatic carbocycles. The number of hydrogen-bond acceptors (Lipinski definition) is 5. The second-order valence-electron chi connectivity index (χ2n) is 4.28. The first-order chi connectivity index (χ1) is 8.86. The zero-order valence-electron chi connectivity index (χ0n) is 9.74. The van der Waals surface area contributed by atoms with Crippen LogP contribution in [0.2, 0.25) is 0 Å². The lowest BCUT2D eigenvalue weighted by Crippen LogP contribution is -2.08. The lowest BCUT2D eigenvalue weighted by molar-refractivity contribution is 0.689. The first kappa shape index (κ1) is 10.7. The number of nitrogens with one attached hydrogen (secondary N) is 1. The monoisotopic (exact) mass is 240 g/mol. The summed E-state index contributed by atoms with van der Waals surface area (Å²) in [6.45, 7) is 0.593. The van der Waals surface area contributed by atoms with Crippen molar-refractivity contribution < 1.29 is 0 Å². The maximum absolute atomic E-state index is 8.68. The van der Waals surface area contributed by atoms with Crippen molar-refractivity contribution in [2.75, 3.05) is 5.32 Å². The van der Waals surface area contributed by atoms with Crippen molar-refractivity contribution in [2.24, 2.45) is 0 Å². The van der Waals surface area contributed by atoms with Crippen molar-refractivity contribution in [1.29, 1.82) is 5.26 Å². The number of nitrogens with zero attached hydrogens (tertiary/aromatic N) is 5. The fourth-order valence-electron chi connectivity index (χ4n) is 1.78. The van der Waals surface area contributed by atoms with Gasteiger partial charge >= 0.3 is 0 Å². The standard InChI is InChI=1S/C12H12N6/c13-5-9-1-4-11(14-6-9)15-7-12-17-16-8-18(12)10-2-3-10/h1,4,6,8,10H,2-3,7H2,(H,14,15). The Morgan fingerprint density at radius 2 is 2.33 bits per heavy atom. The Labute approximate surface area is 104 Å². The molecule has 0 unspecified atom stereocenters. The van der Waals surface area contributed by atoms with E-state index >= 15 is 0 Å². The zero-order chi connectivity index (χ0) is 12.4. The van der Waals surface area contributed by atoms with Gasteiger partial charge in [-0.05, 0) is 25.0 Å². The molecule has 0 atom stereocenters. The van der Waals surface area contributed by atoms with E-state index in [4.69, 9.17) is 5.26 Å². The molecule has 18 heavy (non-hydrogen) atoms. The Bertz CT molecular complexity index is 575. The molecule has 1 N–H and O–H groups in total. The molecule has 0 radical (unpaired) electrons. The highest BCUT2D eigenvalue weighted by molar-refractivity contribution is 5.38. The van der Waals surface area contributed by atoms with Gasteiger partial charge in [-0.2, -0.15) is 5.26 Å². The molecule has 0 spiro atoms. The van der Waals surface area contributed by atoms with Gasteiger partial charge in [0.25, 0.3) is 0 Å². The summed E-state index contributed by atoms with van der Waals surface area (Å²) in [5.74, 6) is 1.66. The van der Waals surface area contributed by atoms with Gasteiger partial charge in [0, 0.05) is 12.2 Å². The first-order valence-electron chi connectivity index (χ1n) is 5.85. The lowest BCUT2D eigenvalue weighted by atomic mass is 10.3. The molecule has 2 aromatic rings. The molecule has 0 saturated heterocycles. The van der Waals surface area contributed by atoms with Gasteiger partial charge in [0.15, 0.2) is 5.82 Å². The molecule has 90 valence electrons. The molecule has 0 bridgehead atoms. The van der Waals surface area contributed by atoms with Gasteiger partial charge in [0.2, 0.25) is 0 Å². The van der Waals surface area contributed by atoms with Crippen LogP contribution in [0.1, 0.15) is 30.3 Å². The Morgan fingerprint density at radius 1 is 1.44 bits per heavy atom. The molecular formula is C12H12N6. The summed E-state index contributed by atoms with van der Waals surface area (Å²) in [6.07, 6.45) is 5.75. The Morgan fingerprint density at radius 3 is 3.00 bits per heavy atom. The van der Waals surface area contributed by atoms with E-state index in [0.29, 0.717) is 18.2 Å². The quantitative estimate of drug-likeness (QED) is 0.875. The zero-order valence-corrected chi connectivity index (χ0v) is 9.74. The van der Waals surface area contributed by atoms with Gasteiger partial charge in [-0.3, -0.25) is 0 Å². The Kier molecular flexibility index (Phi) is 2.65. The SMILES string of the molecule is N#Cc1ccc(NCc2nncn2C2CC2)nc1. The minimum Gasteiger partial charge on any atom is -0.363 e. The largest absolute Gasteiger partial charge is 0.363 e. The molecule has 2 heterocycles. The van der Waals surface area contributed by atoms with Crippen molar-refractivity contribution in [3.63, 3.8) is 0 Å². The second kappa shape index (κ2) is 4.45. The van der Waals surface area contributed by atoms with Crippen LogP contribution in [0.3, 0.4) is 0 Å². The van der Waals surface area contributed by atoms with E-state index in [0.717, 1.165) is 11.6 Å². The van der Waals surface area contributed by atoms with Crippen molar-refractivity contribution >= 4 is 5.82 Å². The first-order valence-corrected chi connectivity index (χ1v) is 5.85. The highest BCUT2D eigenvalue weighted by Crippen LogP contribution is 2.35. The summed E-state index contributed by atoms with van der Waals surface area (Å²) < 4.78 is 2.11. The number of nitriles is 1. The second-order valence-corrected chi connectivity index (χ2v) is 4.28. The van der Waals surface area contributed by atoms with Gasteiger partial charge in [-0.25, -0.2) is 4.98 Å². The van der Waals surface area contributed by atoms with Gasteiger partial charge in [-0.15, -0.1) is 10.2 Å². The number of aromatic nitrogens is 4. The summed E-state index contributed by atoms with van der Waals surface area (Å²) in [4.78, 5) is 4.15. The summed E-state index contributed by atoms with van der Waals surface area (Å²) in [5, 5.41) is 19.9. The highest BCUT2D eigenvalue weighted by atomic mass is 15.3. The van der Waals surface area contributed by atoms with E-state index in [1.165, 1.54) is 12.8 Å². The number of rotatable bonds is 4. The van der Waals surface area contributed by atoms with Crippen LogP contribution >= 0.6 is 0 Å². The third-order valence-electron chi connectivity index (χ3n) is 2.91. The summed E-state index contributed by atoms with van der Waals surface area (Å²) in [5.41, 5.74) is 0.557. The third kappa shape index (κ3) is 2.15. The van der Waals surface area contributed by atoms with E-state index in [1.807, 2.05) is 6.07 Å². The highest BCUT2D eigenvalue weighted by Gasteiger charge is 2.25. The van der Waals surface area contributed by atoms with Crippen molar-refractivity contribution in [1.82, 2.24) is 19.7 Å². The number of pyridine rings is 1. The molecular weight excluding hydrogens is 228 g/mol. The van der Waals surface area contributed by atoms with Crippen molar-refractivity contribution in [3.8, 4) is 6.07 Å². The van der Waals surface area contributed by atoms with Gasteiger partial charge < -0.3 is 9.88 Å². The van der Waals surface area contributed by atoms with E-state index < -0.39 is 0 Å². The molecule has 1 aliphatic carbocycles. The van der Waals surface area contributed by atoms with Crippen molar-refractivity contribution in [3.05, 3.63) is 36.0 Å². The number of anilines is 1. The average Bonchev–Trinajstić information content (AvgIpc) is 3.16. The van der Waals surface area contributed by atoms with Crippen LogP contribution in [0.15, 0.2) is 24.7 Å². The average molecular weight is 240 g/mol. The van der Waals surface area contributed by atoms with E-state index in [9.17, 15) is 0 Å². The fraction of sp³-hybridized carbons (Fsp3) is 0.333. The molecule has 1 fully saturated rings. The van der Waals surface area contributed by atoms with Crippen LogP contribution in [0.25, 0.3) is 0 Å². The Balaban J connectivity index is 1.66. The minimum atomic E-state index is 0.557. The molecule has 0 amide bonds. The number of hydrogen-bond donors (Lipinski definition) is 1. The van der Waals surface area contributed by atoms with Crippen molar-refractivity contribution in [2.45, 2.75) is 25.4 Å². The van der Waals surface area contributed by atoms with Gasteiger partial charge in [0.05, 0.1) is 12.1 Å². The summed E-state index contributed by atoms with van der Waals surface area (Å²) >= 11 is 0. The maximum Gasteiger partial charge on any atom is 0.152 e. The predicted molar refractivity (Wildman–Crippen MR) is 64.6 cm³/mol. The van der Waals surface area contributed by atoms with E-state index in [2.05, 4.69) is 25.1 Å². The van der Waals surface area contributed by atoms with Gasteiger partial charge in [0.1, 0.15) is 18.2 Å². The van der Waals surface area contributed by atoms with E-state index in [1.54, 1.807) is 24.7 Å². The van der Waals surface area contributed by atoms with Crippen LogP contribution in [-0.4, -0.2) is 19.7 Å². The maximum atomic E-state index is 8.68. The molecule has 2 aromatic heterocycles. The topological polar surface area (TPSA) is 79.4 Å². The fourth-order valence-corrected chi connectivity index (χ4v) is 1.78. The molecule has 3 rings (SSSR count). The lowest BCUT2D eigenvalue weighted by Gasteiger charge is -2.06. The minimum absolute atomic E-state index is 0.557. The third-order valence-corrected chi connectivity index (χ3v) is 2.91. The smallest absolute Gasteiger partial charge is 0.152 e. The van der Waals surface area contributed by atoms with Crippen LogP contribution in [0, 0.1) is 11.3 Å². The molecule has 6 heteroatoms. The van der Waals surface area contributed by atoms with Crippen LogP contribution in [0.4, 0.5) is 5.82 Å². The Hall–Kier alpha value is -2.42. The van der Waals surface area contributed by atoms with E-state index in [-0.39, 0.29) is 0 Å². The molecule has 0 aliphatic heterocycles. The summed E-state index contributed by atoms with van der Waals surface area (Å²) in [7, 11) is 0. The van der Waals surface area contributed by atoms with Crippen LogP contribution in [0.5, 0.6) is 0 Å².